The first-order valence-electron chi connectivity index (χ1n) is 15.5. The van der Waals surface area contributed by atoms with Gasteiger partial charge in [-0.05, 0) is 73.2 Å². The van der Waals surface area contributed by atoms with E-state index in [-0.39, 0.29) is 16.2 Å². The van der Waals surface area contributed by atoms with Crippen LogP contribution >= 0.6 is 0 Å². The first-order valence-corrected chi connectivity index (χ1v) is 18.0. The molecular formula is C38H50OSi. The molecule has 2 aromatic carbocycles. The van der Waals surface area contributed by atoms with E-state index < -0.39 is 8.07 Å². The molecule has 1 nitrogen and oxygen atoms in total. The van der Waals surface area contributed by atoms with Crippen molar-refractivity contribution >= 4 is 24.9 Å². The monoisotopic (exact) mass is 550 g/mol. The van der Waals surface area contributed by atoms with Crippen molar-refractivity contribution < 1.29 is 4.74 Å². The fourth-order valence-electron chi connectivity index (χ4n) is 7.95. The molecule has 0 heterocycles. The summed E-state index contributed by atoms with van der Waals surface area (Å²) >= 11 is 0. The zero-order valence-corrected chi connectivity index (χ0v) is 27.5. The fourth-order valence-corrected chi connectivity index (χ4v) is 13.1. The summed E-state index contributed by atoms with van der Waals surface area (Å²) in [5, 5.41) is 4.37. The zero-order chi connectivity index (χ0) is 29.1. The molecule has 0 aromatic heterocycles. The van der Waals surface area contributed by atoms with Gasteiger partial charge in [0, 0.05) is 11.0 Å². The van der Waals surface area contributed by atoms with Gasteiger partial charge in [0.1, 0.15) is 20.4 Å². The minimum absolute atomic E-state index is 0.00325. The predicted molar refractivity (Wildman–Crippen MR) is 176 cm³/mol. The van der Waals surface area contributed by atoms with E-state index in [2.05, 4.69) is 124 Å². The third-order valence-corrected chi connectivity index (χ3v) is 15.8. The van der Waals surface area contributed by atoms with E-state index in [1.165, 1.54) is 46.1 Å². The van der Waals surface area contributed by atoms with Crippen LogP contribution in [0.4, 0.5) is 0 Å². The lowest BCUT2D eigenvalue weighted by atomic mass is 9.72. The van der Waals surface area contributed by atoms with E-state index in [4.69, 9.17) is 4.74 Å². The Bertz CT molecular complexity index is 1520. The van der Waals surface area contributed by atoms with Gasteiger partial charge in [-0.25, -0.2) is 0 Å². The normalized spacial score (nSPS) is 21.2. The average Bonchev–Trinajstić information content (AvgIpc) is 3.23. The third kappa shape index (κ3) is 4.61. The molecule has 3 aliphatic carbocycles. The van der Waals surface area contributed by atoms with Crippen molar-refractivity contribution in [3.05, 3.63) is 93.9 Å². The van der Waals surface area contributed by atoms with Crippen molar-refractivity contribution in [3.8, 4) is 5.75 Å². The maximum absolute atomic E-state index is 6.41. The number of ether oxygens (including phenoxy) is 1. The molecule has 0 saturated heterocycles. The molecule has 1 atom stereocenters. The van der Waals surface area contributed by atoms with Crippen molar-refractivity contribution in [2.45, 2.75) is 98.2 Å². The van der Waals surface area contributed by atoms with E-state index in [1.807, 2.05) is 6.08 Å². The highest BCUT2D eigenvalue weighted by molar-refractivity contribution is 6.95. The first kappa shape index (κ1) is 28.9. The smallest absolute Gasteiger partial charge is 0.119 e. The van der Waals surface area contributed by atoms with E-state index >= 15 is 0 Å². The Kier molecular flexibility index (Phi) is 7.27. The highest BCUT2D eigenvalue weighted by atomic mass is 28.3. The van der Waals surface area contributed by atoms with Crippen LogP contribution in [0.2, 0.25) is 17.6 Å². The number of allylic oxidation sites excluding steroid dienone is 4. The molecule has 2 aromatic rings. The molecular weight excluding hydrogens is 501 g/mol. The zero-order valence-electron chi connectivity index (χ0n) is 26.5. The number of hydrogen-bond donors (Lipinski definition) is 0. The highest BCUT2D eigenvalue weighted by Crippen LogP contribution is 2.62. The maximum atomic E-state index is 6.41. The van der Waals surface area contributed by atoms with Crippen molar-refractivity contribution in [2.24, 2.45) is 10.8 Å². The molecule has 0 radical (unpaired) electrons. The molecule has 0 saturated carbocycles. The topological polar surface area (TPSA) is 9.23 Å². The van der Waals surface area contributed by atoms with E-state index in [0.29, 0.717) is 12.1 Å². The third-order valence-electron chi connectivity index (χ3n) is 10.0. The van der Waals surface area contributed by atoms with E-state index in [9.17, 15) is 0 Å². The molecule has 5 rings (SSSR count). The Morgan fingerprint density at radius 3 is 2.35 bits per heavy atom. The van der Waals surface area contributed by atoms with E-state index in [1.54, 1.807) is 22.3 Å². The predicted octanol–water partition coefficient (Wildman–Crippen LogP) is 8.34. The lowest BCUT2D eigenvalue weighted by molar-refractivity contribution is 0.366. The summed E-state index contributed by atoms with van der Waals surface area (Å²) in [5.41, 5.74) is 8.71. The van der Waals surface area contributed by atoms with Gasteiger partial charge in [-0.3, -0.25) is 0 Å². The van der Waals surface area contributed by atoms with E-state index in [0.717, 1.165) is 5.75 Å². The van der Waals surface area contributed by atoms with Crippen LogP contribution in [0.25, 0.3) is 11.6 Å². The van der Waals surface area contributed by atoms with Crippen molar-refractivity contribution in [3.63, 3.8) is 0 Å². The van der Waals surface area contributed by atoms with Crippen LogP contribution in [0.15, 0.2) is 77.9 Å². The van der Waals surface area contributed by atoms with Crippen molar-refractivity contribution in [1.29, 1.82) is 0 Å². The van der Waals surface area contributed by atoms with Crippen LogP contribution in [0, 0.1) is 10.8 Å². The SMILES string of the molecule is C=CCOc1ccccc1[Si](CC)(CC)C1C2=CC(C)(C)CCC2=C2C1=c1cc(C(C)(C)C)ccc1=CC2(C)C. The molecule has 212 valence electrons. The highest BCUT2D eigenvalue weighted by Gasteiger charge is 2.53. The van der Waals surface area contributed by atoms with Gasteiger partial charge in [0.25, 0.3) is 0 Å². The van der Waals surface area contributed by atoms with Crippen LogP contribution in [0.3, 0.4) is 0 Å². The second kappa shape index (κ2) is 10.1. The standard InChI is InChI=1S/C38H50OSi/c1-11-22-39-31-16-14-15-17-32(31)40(12-2,13-3)35-30-25-37(7,8)21-20-28(30)34-33(35)29-23-27(36(4,5)6)19-18-26(29)24-38(34,9)10/h11,14-19,23-25,35H,1,12-13,20-22H2,2-10H3. The average molecular weight is 551 g/mol. The largest absolute Gasteiger partial charge is 0.490 e. The van der Waals surface area contributed by atoms with Crippen LogP contribution < -0.4 is 20.4 Å². The second-order valence-corrected chi connectivity index (χ2v) is 19.5. The van der Waals surface area contributed by atoms with Gasteiger partial charge in [-0.1, -0.05) is 136 Å². The quantitative estimate of drug-likeness (QED) is 0.249. The summed E-state index contributed by atoms with van der Waals surface area (Å²) in [6, 6.07) is 18.7. The minimum Gasteiger partial charge on any atom is -0.490 e. The summed E-state index contributed by atoms with van der Waals surface area (Å²) < 4.78 is 6.41. The Hall–Kier alpha value is -2.58. The molecule has 3 aliphatic rings. The number of rotatable bonds is 7. The lowest BCUT2D eigenvalue weighted by Gasteiger charge is -2.42. The maximum Gasteiger partial charge on any atom is 0.119 e. The van der Waals surface area contributed by atoms with Gasteiger partial charge in [0.2, 0.25) is 0 Å². The number of hydrogen-bond acceptors (Lipinski definition) is 1. The molecule has 1 unspecified atom stereocenters. The molecule has 0 fully saturated rings. The first-order chi connectivity index (χ1) is 18.8. The summed E-state index contributed by atoms with van der Waals surface area (Å²) in [5.74, 6) is 1.06. The minimum atomic E-state index is -2.17. The Balaban J connectivity index is 1.93. The number of para-hydroxylation sites is 1. The molecule has 0 aliphatic heterocycles. The summed E-state index contributed by atoms with van der Waals surface area (Å²) in [7, 11) is -2.17. The molecule has 0 bridgehead atoms. The van der Waals surface area contributed by atoms with Gasteiger partial charge in [0.15, 0.2) is 0 Å². The van der Waals surface area contributed by atoms with Crippen molar-refractivity contribution in [2.75, 3.05) is 6.61 Å². The summed E-state index contributed by atoms with van der Waals surface area (Å²) in [6.45, 7) is 26.2. The van der Waals surface area contributed by atoms with Crippen LogP contribution in [0.5, 0.6) is 5.75 Å². The summed E-state index contributed by atoms with van der Waals surface area (Å²) in [6.07, 6.45) is 9.51. The van der Waals surface area contributed by atoms with Gasteiger partial charge in [0.05, 0.1) is 0 Å². The van der Waals surface area contributed by atoms with Gasteiger partial charge >= 0.3 is 0 Å². The Morgan fingerprint density at radius 2 is 1.70 bits per heavy atom. The van der Waals surface area contributed by atoms with Crippen LogP contribution in [-0.2, 0) is 5.41 Å². The summed E-state index contributed by atoms with van der Waals surface area (Å²) in [4.78, 5) is 0. The molecule has 2 heteroatoms. The van der Waals surface area contributed by atoms with Gasteiger partial charge in [-0.15, -0.1) is 0 Å². The lowest BCUT2D eigenvalue weighted by Crippen LogP contribution is -2.53. The Morgan fingerprint density at radius 1 is 1.00 bits per heavy atom. The van der Waals surface area contributed by atoms with Crippen LogP contribution in [-0.4, -0.2) is 14.7 Å². The molecule has 0 spiro atoms. The number of benzene rings is 2. The molecule has 0 N–H and O–H groups in total. The van der Waals surface area contributed by atoms with Gasteiger partial charge in [-0.2, -0.15) is 0 Å². The van der Waals surface area contributed by atoms with Crippen molar-refractivity contribution in [1.82, 2.24) is 0 Å². The second-order valence-electron chi connectivity index (χ2n) is 14.7. The molecule has 0 amide bonds. The van der Waals surface area contributed by atoms with Crippen LogP contribution in [0.1, 0.15) is 80.7 Å². The molecule has 40 heavy (non-hydrogen) atoms. The fraction of sp³-hybridized carbons (Fsp3) is 0.474. The number of fused-ring (bicyclic) bond motifs is 3. The van der Waals surface area contributed by atoms with Gasteiger partial charge < -0.3 is 4.74 Å². The Labute approximate surface area is 244 Å².